The van der Waals surface area contributed by atoms with E-state index in [1.165, 1.54) is 13.2 Å². The number of methoxy groups -OCH3 is 2. The molecule has 0 aliphatic rings. The van der Waals surface area contributed by atoms with E-state index in [1.54, 1.807) is 13.2 Å². The van der Waals surface area contributed by atoms with Crippen LogP contribution in [0.3, 0.4) is 0 Å². The molecule has 0 aliphatic heterocycles. The van der Waals surface area contributed by atoms with Crippen molar-refractivity contribution in [1.82, 2.24) is 4.57 Å². The van der Waals surface area contributed by atoms with Crippen LogP contribution in [-0.2, 0) is 6.54 Å². The van der Waals surface area contributed by atoms with Crippen molar-refractivity contribution in [3.63, 3.8) is 0 Å². The van der Waals surface area contributed by atoms with Crippen molar-refractivity contribution in [3.05, 3.63) is 60.0 Å². The van der Waals surface area contributed by atoms with Gasteiger partial charge in [-0.25, -0.2) is 4.39 Å². The van der Waals surface area contributed by atoms with Crippen molar-refractivity contribution in [3.8, 4) is 11.5 Å². The van der Waals surface area contributed by atoms with Gasteiger partial charge in [0.05, 0.1) is 19.7 Å². The fraction of sp³-hybridized carbons (Fsp3) is 0.176. The summed E-state index contributed by atoms with van der Waals surface area (Å²) in [5.41, 5.74) is 1.94. The Labute approximate surface area is 122 Å². The van der Waals surface area contributed by atoms with Crippen LogP contribution < -0.4 is 9.47 Å². The van der Waals surface area contributed by atoms with E-state index in [1.807, 2.05) is 36.5 Å². The molecule has 3 rings (SSSR count). The van der Waals surface area contributed by atoms with E-state index in [9.17, 15) is 4.39 Å². The first-order valence-corrected chi connectivity index (χ1v) is 6.67. The Hall–Kier alpha value is -2.49. The maximum Gasteiger partial charge on any atom is 0.165 e. The summed E-state index contributed by atoms with van der Waals surface area (Å²) in [5, 5.41) is 1.05. The van der Waals surface area contributed by atoms with Gasteiger partial charge >= 0.3 is 0 Å². The molecular formula is C17H16FNO2. The third-order valence-corrected chi connectivity index (χ3v) is 3.56. The maximum atomic E-state index is 13.8. The molecule has 2 aromatic carbocycles. The van der Waals surface area contributed by atoms with E-state index in [4.69, 9.17) is 9.47 Å². The lowest BCUT2D eigenvalue weighted by atomic mass is 10.2. The van der Waals surface area contributed by atoms with E-state index in [2.05, 4.69) is 4.57 Å². The number of benzene rings is 2. The second-order valence-electron chi connectivity index (χ2n) is 4.81. The summed E-state index contributed by atoms with van der Waals surface area (Å²) in [5.74, 6) is 0.758. The molecule has 1 heterocycles. The molecule has 0 spiro atoms. The molecule has 108 valence electrons. The van der Waals surface area contributed by atoms with Crippen molar-refractivity contribution < 1.29 is 13.9 Å². The summed E-state index contributed by atoms with van der Waals surface area (Å²) in [7, 11) is 3.12. The molecule has 0 saturated carbocycles. The molecule has 3 aromatic rings. The first kappa shape index (κ1) is 13.5. The molecular weight excluding hydrogens is 269 g/mol. The van der Waals surface area contributed by atoms with E-state index >= 15 is 0 Å². The van der Waals surface area contributed by atoms with E-state index in [-0.39, 0.29) is 11.6 Å². The average molecular weight is 285 g/mol. The van der Waals surface area contributed by atoms with E-state index in [0.717, 1.165) is 22.2 Å². The molecule has 3 nitrogen and oxygen atoms in total. The standard InChI is InChI=1S/C17H16FNO2/c1-20-16-5-3-4-15-13(16)8-9-19(15)11-12-6-7-17(21-2)14(18)10-12/h3-10H,11H2,1-2H3. The first-order chi connectivity index (χ1) is 10.2. The van der Waals surface area contributed by atoms with Crippen LogP contribution in [0.5, 0.6) is 11.5 Å². The van der Waals surface area contributed by atoms with Crippen LogP contribution >= 0.6 is 0 Å². The molecule has 0 fully saturated rings. The van der Waals surface area contributed by atoms with Gasteiger partial charge in [0, 0.05) is 18.1 Å². The highest BCUT2D eigenvalue weighted by Gasteiger charge is 2.08. The van der Waals surface area contributed by atoms with Crippen molar-refractivity contribution in [2.45, 2.75) is 6.54 Å². The number of hydrogen-bond donors (Lipinski definition) is 0. The number of hydrogen-bond acceptors (Lipinski definition) is 2. The lowest BCUT2D eigenvalue weighted by molar-refractivity contribution is 0.386. The molecule has 0 radical (unpaired) electrons. The molecule has 21 heavy (non-hydrogen) atoms. The minimum absolute atomic E-state index is 0.262. The van der Waals surface area contributed by atoms with Crippen LogP contribution in [0.1, 0.15) is 5.56 Å². The fourth-order valence-electron chi connectivity index (χ4n) is 2.52. The van der Waals surface area contributed by atoms with Crippen molar-refractivity contribution in [2.24, 2.45) is 0 Å². The summed E-state index contributed by atoms with van der Waals surface area (Å²) in [6, 6.07) is 12.9. The number of halogens is 1. The minimum atomic E-state index is -0.343. The smallest absolute Gasteiger partial charge is 0.165 e. The van der Waals surface area contributed by atoms with Gasteiger partial charge in [-0.3, -0.25) is 0 Å². The molecule has 1 aromatic heterocycles. The lowest BCUT2D eigenvalue weighted by Crippen LogP contribution is -1.99. The van der Waals surface area contributed by atoms with Crippen LogP contribution in [0.15, 0.2) is 48.7 Å². The average Bonchev–Trinajstić information content (AvgIpc) is 2.91. The highest BCUT2D eigenvalue weighted by molar-refractivity contribution is 5.86. The zero-order valence-electron chi connectivity index (χ0n) is 12.0. The Morgan fingerprint density at radius 3 is 2.52 bits per heavy atom. The normalized spacial score (nSPS) is 10.8. The number of fused-ring (bicyclic) bond motifs is 1. The van der Waals surface area contributed by atoms with Crippen LogP contribution in [-0.4, -0.2) is 18.8 Å². The summed E-state index contributed by atoms with van der Waals surface area (Å²) >= 11 is 0. The second kappa shape index (κ2) is 5.48. The fourth-order valence-corrected chi connectivity index (χ4v) is 2.52. The topological polar surface area (TPSA) is 23.4 Å². The SMILES string of the molecule is COc1ccc(Cn2ccc3c(OC)cccc32)cc1F. The Balaban J connectivity index is 1.97. The third kappa shape index (κ3) is 2.44. The number of nitrogens with zero attached hydrogens (tertiary/aromatic N) is 1. The minimum Gasteiger partial charge on any atom is -0.496 e. The number of aromatic nitrogens is 1. The molecule has 0 bridgehead atoms. The van der Waals surface area contributed by atoms with Gasteiger partial charge in [0.1, 0.15) is 5.75 Å². The van der Waals surface area contributed by atoms with Crippen LogP contribution in [0.2, 0.25) is 0 Å². The monoisotopic (exact) mass is 285 g/mol. The zero-order chi connectivity index (χ0) is 14.8. The lowest BCUT2D eigenvalue weighted by Gasteiger charge is -2.08. The summed E-state index contributed by atoms with van der Waals surface area (Å²) in [6.45, 7) is 0.595. The Morgan fingerprint density at radius 2 is 1.81 bits per heavy atom. The number of rotatable bonds is 4. The summed E-state index contributed by atoms with van der Waals surface area (Å²) in [4.78, 5) is 0. The van der Waals surface area contributed by atoms with Gasteiger partial charge in [-0.05, 0) is 35.9 Å². The quantitative estimate of drug-likeness (QED) is 0.727. The highest BCUT2D eigenvalue weighted by Crippen LogP contribution is 2.27. The second-order valence-corrected chi connectivity index (χ2v) is 4.81. The Morgan fingerprint density at radius 1 is 1.00 bits per heavy atom. The van der Waals surface area contributed by atoms with Crippen LogP contribution in [0.4, 0.5) is 4.39 Å². The van der Waals surface area contributed by atoms with E-state index in [0.29, 0.717) is 6.54 Å². The van der Waals surface area contributed by atoms with Gasteiger partial charge in [-0.2, -0.15) is 0 Å². The van der Waals surface area contributed by atoms with Gasteiger partial charge in [-0.1, -0.05) is 12.1 Å². The molecule has 4 heteroatoms. The molecule has 0 atom stereocenters. The van der Waals surface area contributed by atoms with Gasteiger partial charge in [-0.15, -0.1) is 0 Å². The summed E-state index contributed by atoms with van der Waals surface area (Å²) < 4.78 is 26.1. The van der Waals surface area contributed by atoms with Crippen molar-refractivity contribution in [2.75, 3.05) is 14.2 Å². The first-order valence-electron chi connectivity index (χ1n) is 6.67. The molecule has 0 saturated heterocycles. The molecule has 0 aliphatic carbocycles. The van der Waals surface area contributed by atoms with Gasteiger partial charge in [0.15, 0.2) is 11.6 Å². The number of ether oxygens (including phenoxy) is 2. The van der Waals surface area contributed by atoms with Crippen molar-refractivity contribution in [1.29, 1.82) is 0 Å². The summed E-state index contributed by atoms with van der Waals surface area (Å²) in [6.07, 6.45) is 1.98. The van der Waals surface area contributed by atoms with Crippen LogP contribution in [0.25, 0.3) is 10.9 Å². The largest absolute Gasteiger partial charge is 0.496 e. The zero-order valence-corrected chi connectivity index (χ0v) is 12.0. The predicted octanol–water partition coefficient (Wildman–Crippen LogP) is 3.85. The van der Waals surface area contributed by atoms with Gasteiger partial charge in [0.25, 0.3) is 0 Å². The third-order valence-electron chi connectivity index (χ3n) is 3.56. The van der Waals surface area contributed by atoms with Crippen molar-refractivity contribution >= 4 is 10.9 Å². The predicted molar refractivity (Wildman–Crippen MR) is 80.5 cm³/mol. The van der Waals surface area contributed by atoms with E-state index < -0.39 is 0 Å². The van der Waals surface area contributed by atoms with Crippen LogP contribution in [0, 0.1) is 5.82 Å². The molecule has 0 unspecified atom stereocenters. The Kier molecular flexibility index (Phi) is 3.52. The molecule has 0 N–H and O–H groups in total. The maximum absolute atomic E-state index is 13.8. The Bertz CT molecular complexity index is 780. The molecule has 0 amide bonds. The van der Waals surface area contributed by atoms with Gasteiger partial charge < -0.3 is 14.0 Å². The van der Waals surface area contributed by atoms with Gasteiger partial charge in [0.2, 0.25) is 0 Å². The highest BCUT2D eigenvalue weighted by atomic mass is 19.1.